The van der Waals surface area contributed by atoms with Crippen molar-refractivity contribution < 1.29 is 9.90 Å². The zero-order chi connectivity index (χ0) is 9.97. The number of nitrogens with zero attached hydrogens (tertiary/aromatic N) is 3. The highest BCUT2D eigenvalue weighted by molar-refractivity contribution is 5.84. The first kappa shape index (κ1) is 9.14. The quantitative estimate of drug-likeness (QED) is 0.690. The number of nitrogens with one attached hydrogen (secondary N) is 1. The average molecular weight is 196 g/mol. The second-order valence-corrected chi connectivity index (χ2v) is 3.37. The van der Waals surface area contributed by atoms with E-state index in [-0.39, 0.29) is 11.7 Å². The van der Waals surface area contributed by atoms with Crippen LogP contribution >= 0.6 is 0 Å². The van der Waals surface area contributed by atoms with E-state index in [1.54, 1.807) is 4.68 Å². The number of piperidine rings is 1. The number of rotatable bonds is 2. The van der Waals surface area contributed by atoms with Gasteiger partial charge >= 0.3 is 5.97 Å². The van der Waals surface area contributed by atoms with Crippen LogP contribution in [0, 0.1) is 0 Å². The van der Waals surface area contributed by atoms with Crippen LogP contribution in [0.2, 0.25) is 0 Å². The summed E-state index contributed by atoms with van der Waals surface area (Å²) in [5, 5.41) is 19.3. The lowest BCUT2D eigenvalue weighted by Crippen LogP contribution is -2.29. The first-order valence-corrected chi connectivity index (χ1v) is 4.63. The maximum Gasteiger partial charge on any atom is 0.358 e. The molecule has 2 heterocycles. The monoisotopic (exact) mass is 196 g/mol. The first-order valence-electron chi connectivity index (χ1n) is 4.63. The smallest absolute Gasteiger partial charge is 0.358 e. The van der Waals surface area contributed by atoms with Crippen molar-refractivity contribution in [3.05, 3.63) is 11.9 Å². The van der Waals surface area contributed by atoms with Gasteiger partial charge in [-0.05, 0) is 25.9 Å². The molecule has 1 aromatic rings. The zero-order valence-corrected chi connectivity index (χ0v) is 7.68. The van der Waals surface area contributed by atoms with Gasteiger partial charge in [-0.1, -0.05) is 5.21 Å². The van der Waals surface area contributed by atoms with Gasteiger partial charge in [0, 0.05) is 0 Å². The molecule has 1 aromatic heterocycles. The SMILES string of the molecule is O=C(O)c1cn(C2CCNCC2)nn1. The minimum atomic E-state index is -1.02. The summed E-state index contributed by atoms with van der Waals surface area (Å²) in [6, 6.07) is 0.289. The number of hydrogen-bond donors (Lipinski definition) is 2. The Kier molecular flexibility index (Phi) is 2.45. The second kappa shape index (κ2) is 3.75. The molecule has 1 aliphatic heterocycles. The zero-order valence-electron chi connectivity index (χ0n) is 7.68. The fourth-order valence-electron chi connectivity index (χ4n) is 1.62. The van der Waals surface area contributed by atoms with Gasteiger partial charge in [0.2, 0.25) is 0 Å². The van der Waals surface area contributed by atoms with Gasteiger partial charge in [0.15, 0.2) is 5.69 Å². The fraction of sp³-hybridized carbons (Fsp3) is 0.625. The molecule has 1 aliphatic rings. The Morgan fingerprint density at radius 1 is 1.57 bits per heavy atom. The topological polar surface area (TPSA) is 80.0 Å². The summed E-state index contributed by atoms with van der Waals surface area (Å²) in [6.07, 6.45) is 3.45. The molecule has 1 fully saturated rings. The normalized spacial score (nSPS) is 18.3. The molecular weight excluding hydrogens is 184 g/mol. The van der Waals surface area contributed by atoms with Gasteiger partial charge in [-0.25, -0.2) is 9.48 Å². The predicted octanol–water partition coefficient (Wildman–Crippen LogP) is -0.0992. The Hall–Kier alpha value is -1.43. The lowest BCUT2D eigenvalue weighted by molar-refractivity contribution is 0.0690. The number of aromatic carboxylic acids is 1. The van der Waals surface area contributed by atoms with Crippen LogP contribution in [-0.2, 0) is 0 Å². The standard InChI is InChI=1S/C8H12N4O2/c13-8(14)7-5-12(11-10-7)6-1-3-9-4-2-6/h5-6,9H,1-4H2,(H,13,14). The highest BCUT2D eigenvalue weighted by Gasteiger charge is 2.17. The van der Waals surface area contributed by atoms with E-state index in [9.17, 15) is 4.79 Å². The van der Waals surface area contributed by atoms with Crippen LogP contribution in [0.3, 0.4) is 0 Å². The Morgan fingerprint density at radius 3 is 2.86 bits per heavy atom. The van der Waals surface area contributed by atoms with Crippen molar-refractivity contribution >= 4 is 5.97 Å². The van der Waals surface area contributed by atoms with Gasteiger partial charge in [0.05, 0.1) is 12.2 Å². The van der Waals surface area contributed by atoms with Crippen molar-refractivity contribution in [1.29, 1.82) is 0 Å². The molecule has 0 unspecified atom stereocenters. The van der Waals surface area contributed by atoms with E-state index in [0.29, 0.717) is 0 Å². The highest BCUT2D eigenvalue weighted by Crippen LogP contribution is 2.16. The summed E-state index contributed by atoms with van der Waals surface area (Å²) in [6.45, 7) is 1.90. The van der Waals surface area contributed by atoms with Gasteiger partial charge in [-0.2, -0.15) is 0 Å². The van der Waals surface area contributed by atoms with E-state index < -0.39 is 5.97 Å². The molecule has 0 saturated carbocycles. The second-order valence-electron chi connectivity index (χ2n) is 3.37. The Balaban J connectivity index is 2.11. The molecule has 76 valence electrons. The van der Waals surface area contributed by atoms with Gasteiger partial charge in [-0.3, -0.25) is 0 Å². The van der Waals surface area contributed by atoms with E-state index >= 15 is 0 Å². The van der Waals surface area contributed by atoms with Gasteiger partial charge < -0.3 is 10.4 Å². The molecule has 14 heavy (non-hydrogen) atoms. The van der Waals surface area contributed by atoms with Gasteiger partial charge in [-0.15, -0.1) is 5.10 Å². The van der Waals surface area contributed by atoms with Crippen molar-refractivity contribution in [2.24, 2.45) is 0 Å². The maximum absolute atomic E-state index is 10.6. The lowest BCUT2D eigenvalue weighted by atomic mass is 10.1. The summed E-state index contributed by atoms with van der Waals surface area (Å²) in [5.74, 6) is -1.02. The summed E-state index contributed by atoms with van der Waals surface area (Å²) in [5.41, 5.74) is 0.0172. The third-order valence-corrected chi connectivity index (χ3v) is 2.41. The van der Waals surface area contributed by atoms with Crippen molar-refractivity contribution in [2.45, 2.75) is 18.9 Å². The Labute approximate surface area is 80.9 Å². The number of carbonyl (C=O) groups is 1. The number of carboxylic acids is 1. The predicted molar refractivity (Wildman–Crippen MR) is 48.1 cm³/mol. The van der Waals surface area contributed by atoms with E-state index in [1.165, 1.54) is 6.20 Å². The summed E-state index contributed by atoms with van der Waals surface area (Å²) >= 11 is 0. The maximum atomic E-state index is 10.6. The highest BCUT2D eigenvalue weighted by atomic mass is 16.4. The van der Waals surface area contributed by atoms with Crippen LogP contribution < -0.4 is 5.32 Å². The van der Waals surface area contributed by atoms with Gasteiger partial charge in [0.25, 0.3) is 0 Å². The van der Waals surface area contributed by atoms with E-state index in [4.69, 9.17) is 5.11 Å². The third-order valence-electron chi connectivity index (χ3n) is 2.41. The molecule has 2 N–H and O–H groups in total. The molecular formula is C8H12N4O2. The van der Waals surface area contributed by atoms with E-state index in [2.05, 4.69) is 15.6 Å². The number of carboxylic acid groups (broad SMARTS) is 1. The van der Waals surface area contributed by atoms with Gasteiger partial charge in [0.1, 0.15) is 0 Å². The Bertz CT molecular complexity index is 330. The molecule has 0 radical (unpaired) electrons. The van der Waals surface area contributed by atoms with E-state index in [1.807, 2.05) is 0 Å². The van der Waals surface area contributed by atoms with Crippen LogP contribution in [0.5, 0.6) is 0 Å². The van der Waals surface area contributed by atoms with E-state index in [0.717, 1.165) is 25.9 Å². The summed E-state index contributed by atoms with van der Waals surface area (Å²) in [7, 11) is 0. The summed E-state index contributed by atoms with van der Waals surface area (Å²) in [4.78, 5) is 10.6. The van der Waals surface area contributed by atoms with Crippen LogP contribution in [0.25, 0.3) is 0 Å². The van der Waals surface area contributed by atoms with Crippen LogP contribution in [0.4, 0.5) is 0 Å². The molecule has 0 aliphatic carbocycles. The fourth-order valence-corrected chi connectivity index (χ4v) is 1.62. The molecule has 6 nitrogen and oxygen atoms in total. The number of aromatic nitrogens is 3. The molecule has 6 heteroatoms. The molecule has 0 amide bonds. The third kappa shape index (κ3) is 1.74. The first-order chi connectivity index (χ1) is 6.77. The average Bonchev–Trinajstić information content (AvgIpc) is 2.68. The van der Waals surface area contributed by atoms with Crippen LogP contribution in [-0.4, -0.2) is 39.2 Å². The van der Waals surface area contributed by atoms with Crippen molar-refractivity contribution in [2.75, 3.05) is 13.1 Å². The molecule has 2 rings (SSSR count). The lowest BCUT2D eigenvalue weighted by Gasteiger charge is -2.21. The van der Waals surface area contributed by atoms with Crippen LogP contribution in [0.15, 0.2) is 6.20 Å². The molecule has 0 bridgehead atoms. The molecule has 0 atom stereocenters. The molecule has 0 aromatic carbocycles. The Morgan fingerprint density at radius 2 is 2.29 bits per heavy atom. The van der Waals surface area contributed by atoms with Crippen molar-refractivity contribution in [3.63, 3.8) is 0 Å². The van der Waals surface area contributed by atoms with Crippen molar-refractivity contribution in [3.8, 4) is 0 Å². The minimum Gasteiger partial charge on any atom is -0.476 e. The van der Waals surface area contributed by atoms with Crippen LogP contribution in [0.1, 0.15) is 29.4 Å². The number of hydrogen-bond acceptors (Lipinski definition) is 4. The minimum absolute atomic E-state index is 0.0172. The summed E-state index contributed by atoms with van der Waals surface area (Å²) < 4.78 is 1.66. The largest absolute Gasteiger partial charge is 0.476 e. The van der Waals surface area contributed by atoms with Crippen molar-refractivity contribution in [1.82, 2.24) is 20.3 Å². The molecule has 0 spiro atoms. The molecule has 1 saturated heterocycles.